The van der Waals surface area contributed by atoms with E-state index in [2.05, 4.69) is 31.3 Å². The normalized spacial score (nSPS) is 18.9. The Labute approximate surface area is 454 Å². The lowest BCUT2D eigenvalue weighted by molar-refractivity contribution is -0.302. The quantitative estimate of drug-likeness (QED) is 0.0195. The molecule has 11 nitrogen and oxygen atoms in total. The summed E-state index contributed by atoms with van der Waals surface area (Å²) in [5, 5.41) is 54.2. The summed E-state index contributed by atoms with van der Waals surface area (Å²) in [6.45, 7) is 4.33. The number of carbonyl (C=O) groups excluding carboxylic acids is 2. The summed E-state index contributed by atoms with van der Waals surface area (Å²) in [6.07, 6.45) is 54.4. The lowest BCUT2D eigenvalue weighted by atomic mass is 9.99. The molecule has 0 aromatic carbocycles. The first-order valence-electron chi connectivity index (χ1n) is 31.6. The molecule has 0 spiro atoms. The minimum absolute atomic E-state index is 0.00367. The molecule has 0 aromatic heterocycles. The van der Waals surface area contributed by atoms with Gasteiger partial charge in [-0.05, 0) is 57.8 Å². The SMILES string of the molecule is CCCCCCCCC/C=C/C(O)C(COC1OC(CO)C(O)C(O)C1O)NC(=O)CCCCCCCCCCC/C=C\CCCCCCCCCCCCCCOC(=O)CCCCCCCCCCCCCC. The zero-order valence-electron chi connectivity index (χ0n) is 48.1. The Morgan fingerprint density at radius 1 is 0.486 bits per heavy atom. The first-order valence-corrected chi connectivity index (χ1v) is 31.6. The molecule has 1 fully saturated rings. The Morgan fingerprint density at radius 3 is 1.30 bits per heavy atom. The molecule has 0 bridgehead atoms. The zero-order valence-corrected chi connectivity index (χ0v) is 48.1. The lowest BCUT2D eigenvalue weighted by Gasteiger charge is -2.40. The molecule has 0 radical (unpaired) electrons. The molecule has 1 saturated heterocycles. The molecule has 1 aliphatic rings. The van der Waals surface area contributed by atoms with Crippen LogP contribution in [0.15, 0.2) is 24.3 Å². The third-order valence-electron chi connectivity index (χ3n) is 15.1. The second-order valence-electron chi connectivity index (χ2n) is 22.1. The van der Waals surface area contributed by atoms with Crippen molar-refractivity contribution in [2.24, 2.45) is 0 Å². The molecule has 1 rings (SSSR count). The van der Waals surface area contributed by atoms with Gasteiger partial charge >= 0.3 is 5.97 Å². The highest BCUT2D eigenvalue weighted by atomic mass is 16.7. The van der Waals surface area contributed by atoms with Crippen molar-refractivity contribution in [2.75, 3.05) is 19.8 Å². The lowest BCUT2D eigenvalue weighted by Crippen LogP contribution is -2.60. The smallest absolute Gasteiger partial charge is 0.305 e. The molecule has 1 amide bonds. The second kappa shape index (κ2) is 53.2. The molecule has 0 saturated carbocycles. The van der Waals surface area contributed by atoms with Crippen LogP contribution in [0.5, 0.6) is 0 Å². The van der Waals surface area contributed by atoms with Gasteiger partial charge in [0.25, 0.3) is 0 Å². The maximum absolute atomic E-state index is 13.0. The van der Waals surface area contributed by atoms with Gasteiger partial charge in [0.1, 0.15) is 24.4 Å². The van der Waals surface area contributed by atoms with Crippen LogP contribution in [0, 0.1) is 0 Å². The maximum atomic E-state index is 13.0. The van der Waals surface area contributed by atoms with E-state index >= 15 is 0 Å². The fourth-order valence-corrected chi connectivity index (χ4v) is 10.0. The molecule has 7 unspecified atom stereocenters. The molecule has 6 N–H and O–H groups in total. The van der Waals surface area contributed by atoms with Crippen molar-refractivity contribution in [3.8, 4) is 0 Å². The Hall–Kier alpha value is -1.86. The van der Waals surface area contributed by atoms with E-state index in [1.54, 1.807) is 6.08 Å². The van der Waals surface area contributed by atoms with Crippen molar-refractivity contribution in [3.05, 3.63) is 24.3 Å². The summed E-state index contributed by atoms with van der Waals surface area (Å²) in [7, 11) is 0. The number of ether oxygens (including phenoxy) is 3. The molecular formula is C63H119NO10. The van der Waals surface area contributed by atoms with Crippen LogP contribution in [-0.4, -0.2) is 100 Å². The Morgan fingerprint density at radius 2 is 0.865 bits per heavy atom. The van der Waals surface area contributed by atoms with E-state index in [0.717, 1.165) is 57.8 Å². The largest absolute Gasteiger partial charge is 0.466 e. The summed E-state index contributed by atoms with van der Waals surface area (Å²) in [5.74, 6) is -0.182. The summed E-state index contributed by atoms with van der Waals surface area (Å²) in [6, 6.07) is -0.810. The van der Waals surface area contributed by atoms with E-state index in [4.69, 9.17) is 14.2 Å². The van der Waals surface area contributed by atoms with Crippen molar-refractivity contribution in [3.63, 3.8) is 0 Å². The number of aliphatic hydroxyl groups excluding tert-OH is 5. The Bertz CT molecular complexity index is 1280. The second-order valence-corrected chi connectivity index (χ2v) is 22.1. The highest BCUT2D eigenvalue weighted by Gasteiger charge is 2.44. The highest BCUT2D eigenvalue weighted by Crippen LogP contribution is 2.23. The molecule has 0 aliphatic carbocycles. The van der Waals surface area contributed by atoms with Gasteiger partial charge in [-0.2, -0.15) is 0 Å². The van der Waals surface area contributed by atoms with Crippen molar-refractivity contribution >= 4 is 11.9 Å². The molecule has 11 heteroatoms. The van der Waals surface area contributed by atoms with E-state index in [0.29, 0.717) is 19.4 Å². The Kier molecular flexibility index (Phi) is 50.4. The number of allylic oxidation sites excluding steroid dienone is 3. The van der Waals surface area contributed by atoms with Crippen molar-refractivity contribution in [1.29, 1.82) is 0 Å². The van der Waals surface area contributed by atoms with E-state index in [-0.39, 0.29) is 18.5 Å². The summed E-state index contributed by atoms with van der Waals surface area (Å²) >= 11 is 0. The number of nitrogens with one attached hydrogen (secondary N) is 1. The van der Waals surface area contributed by atoms with Crippen LogP contribution in [0.3, 0.4) is 0 Å². The van der Waals surface area contributed by atoms with Crippen molar-refractivity contribution in [2.45, 2.75) is 346 Å². The standard InChI is InChI=1S/C63H119NO10/c1-3-5-7-9-11-13-14-31-35-39-43-47-51-59(68)72-52-48-44-40-36-32-29-27-25-23-21-19-17-15-16-18-20-22-24-26-28-30-34-38-42-46-50-58(67)64-55(56(66)49-45-41-37-33-12-10-8-6-4-2)54-73-63-62(71)61(70)60(69)57(53-65)74-63/h16,18,45,49,55-57,60-63,65-66,69-71H,3-15,17,19-44,46-48,50-54H2,1-2H3,(H,64,67)/b18-16-,49-45+. The van der Waals surface area contributed by atoms with Crippen LogP contribution < -0.4 is 5.32 Å². The van der Waals surface area contributed by atoms with Gasteiger partial charge in [-0.15, -0.1) is 0 Å². The number of carbonyl (C=O) groups is 2. The van der Waals surface area contributed by atoms with Gasteiger partial charge in [-0.1, -0.05) is 256 Å². The average Bonchev–Trinajstić information content (AvgIpc) is 3.40. The topological polar surface area (TPSA) is 175 Å². The summed E-state index contributed by atoms with van der Waals surface area (Å²) in [5.41, 5.74) is 0. The number of aliphatic hydroxyl groups is 5. The molecule has 74 heavy (non-hydrogen) atoms. The Balaban J connectivity index is 1.98. The number of amides is 1. The van der Waals surface area contributed by atoms with Crippen LogP contribution in [0.4, 0.5) is 0 Å². The third-order valence-corrected chi connectivity index (χ3v) is 15.1. The van der Waals surface area contributed by atoms with Crippen LogP contribution >= 0.6 is 0 Å². The average molecular weight is 1050 g/mol. The molecule has 436 valence electrons. The number of hydrogen-bond donors (Lipinski definition) is 6. The van der Waals surface area contributed by atoms with Crippen molar-refractivity contribution in [1.82, 2.24) is 5.32 Å². The molecule has 1 aliphatic heterocycles. The molecule has 7 atom stereocenters. The van der Waals surface area contributed by atoms with Gasteiger partial charge in [0.05, 0.1) is 32.0 Å². The van der Waals surface area contributed by atoms with Crippen LogP contribution in [-0.2, 0) is 23.8 Å². The zero-order chi connectivity index (χ0) is 53.8. The number of hydrogen-bond acceptors (Lipinski definition) is 10. The number of unbranched alkanes of at least 4 members (excludes halogenated alkanes) is 39. The predicted octanol–water partition coefficient (Wildman–Crippen LogP) is 14.9. The summed E-state index contributed by atoms with van der Waals surface area (Å²) < 4.78 is 16.7. The van der Waals surface area contributed by atoms with Gasteiger partial charge in [-0.25, -0.2) is 0 Å². The fourth-order valence-electron chi connectivity index (χ4n) is 10.0. The first-order chi connectivity index (χ1) is 36.2. The van der Waals surface area contributed by atoms with Crippen LogP contribution in [0.2, 0.25) is 0 Å². The molecule has 0 aromatic rings. The predicted molar refractivity (Wildman–Crippen MR) is 306 cm³/mol. The van der Waals surface area contributed by atoms with Crippen LogP contribution in [0.1, 0.15) is 303 Å². The number of rotatable bonds is 55. The maximum Gasteiger partial charge on any atom is 0.305 e. The molecule has 1 heterocycles. The van der Waals surface area contributed by atoms with Gasteiger partial charge in [0.2, 0.25) is 5.91 Å². The van der Waals surface area contributed by atoms with E-state index < -0.39 is 49.5 Å². The van der Waals surface area contributed by atoms with Gasteiger partial charge in [0, 0.05) is 12.8 Å². The minimum atomic E-state index is -1.57. The highest BCUT2D eigenvalue weighted by molar-refractivity contribution is 5.76. The van der Waals surface area contributed by atoms with E-state index in [1.165, 1.54) is 218 Å². The molecular weight excluding hydrogens is 931 g/mol. The monoisotopic (exact) mass is 1050 g/mol. The fraction of sp³-hybridized carbons (Fsp3) is 0.905. The van der Waals surface area contributed by atoms with E-state index in [1.807, 2.05) is 6.08 Å². The van der Waals surface area contributed by atoms with Gasteiger partial charge < -0.3 is 45.1 Å². The summed E-state index contributed by atoms with van der Waals surface area (Å²) in [4.78, 5) is 25.0. The van der Waals surface area contributed by atoms with Gasteiger partial charge in [-0.3, -0.25) is 9.59 Å². The minimum Gasteiger partial charge on any atom is -0.466 e. The van der Waals surface area contributed by atoms with E-state index in [9.17, 15) is 35.1 Å². The van der Waals surface area contributed by atoms with Crippen molar-refractivity contribution < 1.29 is 49.3 Å². The number of esters is 1. The van der Waals surface area contributed by atoms with Gasteiger partial charge in [0.15, 0.2) is 6.29 Å². The van der Waals surface area contributed by atoms with Crippen LogP contribution in [0.25, 0.3) is 0 Å². The third kappa shape index (κ3) is 42.2. The first kappa shape index (κ1) is 70.2.